The molecule has 0 bridgehead atoms. The lowest BCUT2D eigenvalue weighted by atomic mass is 10.1. The lowest BCUT2D eigenvalue weighted by molar-refractivity contribution is 0.0993. The molecule has 2 aromatic rings. The highest BCUT2D eigenvalue weighted by molar-refractivity contribution is 6.31. The molecule has 0 fully saturated rings. The Kier molecular flexibility index (Phi) is 3.24. The van der Waals surface area contributed by atoms with Crippen LogP contribution in [0.5, 0.6) is 0 Å². The number of nitrogens with zero attached hydrogens (tertiary/aromatic N) is 2. The maximum Gasteiger partial charge on any atom is 0.170 e. The van der Waals surface area contributed by atoms with Gasteiger partial charge in [-0.15, -0.1) is 0 Å². The maximum atomic E-state index is 12.8. The standard InChI is InChI=1S/C12H10ClFN2O/c1-16-7-9(6-15-16)12(17)4-8-2-3-10(14)5-11(8)13/h2-3,5-7H,4H2,1H3. The number of hydrogen-bond donors (Lipinski definition) is 0. The van der Waals surface area contributed by atoms with Crippen LogP contribution in [0.4, 0.5) is 4.39 Å². The number of Topliss-reactive ketones (excluding diaryl/α,β-unsaturated/α-hetero) is 1. The first-order valence-electron chi connectivity index (χ1n) is 5.02. The van der Waals surface area contributed by atoms with E-state index in [4.69, 9.17) is 11.6 Å². The summed E-state index contributed by atoms with van der Waals surface area (Å²) in [6.07, 6.45) is 3.28. The van der Waals surface area contributed by atoms with E-state index in [2.05, 4.69) is 5.10 Å². The Hall–Kier alpha value is -1.68. The van der Waals surface area contributed by atoms with Crippen LogP contribution < -0.4 is 0 Å². The highest BCUT2D eigenvalue weighted by atomic mass is 35.5. The first-order chi connectivity index (χ1) is 8.06. The van der Waals surface area contributed by atoms with Gasteiger partial charge in [-0.3, -0.25) is 9.48 Å². The summed E-state index contributed by atoms with van der Waals surface area (Å²) in [4.78, 5) is 11.9. The second-order valence-electron chi connectivity index (χ2n) is 3.74. The van der Waals surface area contributed by atoms with E-state index < -0.39 is 5.82 Å². The number of halogens is 2. The summed E-state index contributed by atoms with van der Waals surface area (Å²) < 4.78 is 14.4. The average Bonchev–Trinajstić information content (AvgIpc) is 2.69. The number of aryl methyl sites for hydroxylation is 1. The number of ketones is 1. The van der Waals surface area contributed by atoms with Gasteiger partial charge in [0.2, 0.25) is 0 Å². The zero-order valence-corrected chi connectivity index (χ0v) is 9.91. The van der Waals surface area contributed by atoms with Gasteiger partial charge in [-0.1, -0.05) is 17.7 Å². The smallest absolute Gasteiger partial charge is 0.170 e. The van der Waals surface area contributed by atoms with Crippen molar-refractivity contribution < 1.29 is 9.18 Å². The molecule has 0 unspecified atom stereocenters. The number of hydrogen-bond acceptors (Lipinski definition) is 2. The Morgan fingerprint density at radius 3 is 2.88 bits per heavy atom. The second-order valence-corrected chi connectivity index (χ2v) is 4.15. The fraction of sp³-hybridized carbons (Fsp3) is 0.167. The molecule has 0 atom stereocenters. The van der Waals surface area contributed by atoms with Crippen molar-refractivity contribution in [2.75, 3.05) is 0 Å². The van der Waals surface area contributed by atoms with Crippen LogP contribution in [0.2, 0.25) is 5.02 Å². The van der Waals surface area contributed by atoms with Crippen LogP contribution in [0.25, 0.3) is 0 Å². The third-order valence-electron chi connectivity index (χ3n) is 2.39. The molecule has 1 heterocycles. The van der Waals surface area contributed by atoms with Crippen LogP contribution in [-0.2, 0) is 13.5 Å². The molecule has 0 radical (unpaired) electrons. The number of carbonyl (C=O) groups is 1. The average molecular weight is 253 g/mol. The largest absolute Gasteiger partial charge is 0.294 e. The van der Waals surface area contributed by atoms with Gasteiger partial charge in [-0.2, -0.15) is 5.10 Å². The van der Waals surface area contributed by atoms with Gasteiger partial charge in [0, 0.05) is 24.7 Å². The van der Waals surface area contributed by atoms with Crippen LogP contribution in [0.3, 0.4) is 0 Å². The van der Waals surface area contributed by atoms with E-state index in [1.54, 1.807) is 17.9 Å². The summed E-state index contributed by atoms with van der Waals surface area (Å²) in [6.45, 7) is 0. The first-order valence-corrected chi connectivity index (χ1v) is 5.40. The molecule has 2 rings (SSSR count). The summed E-state index contributed by atoms with van der Waals surface area (Å²) in [7, 11) is 1.74. The minimum Gasteiger partial charge on any atom is -0.294 e. The molecule has 5 heteroatoms. The molecule has 0 amide bonds. The zero-order valence-electron chi connectivity index (χ0n) is 9.15. The molecule has 0 spiro atoms. The molecule has 0 saturated carbocycles. The van der Waals surface area contributed by atoms with Crippen molar-refractivity contribution in [1.29, 1.82) is 0 Å². The second kappa shape index (κ2) is 4.67. The molecule has 0 aliphatic heterocycles. The van der Waals surface area contributed by atoms with E-state index in [0.29, 0.717) is 11.1 Å². The third kappa shape index (κ3) is 2.71. The number of aromatic nitrogens is 2. The zero-order chi connectivity index (χ0) is 12.4. The van der Waals surface area contributed by atoms with Crippen molar-refractivity contribution in [2.24, 2.45) is 7.05 Å². The van der Waals surface area contributed by atoms with Gasteiger partial charge in [0.15, 0.2) is 5.78 Å². The molecular formula is C12H10ClFN2O. The van der Waals surface area contributed by atoms with Crippen molar-refractivity contribution in [3.63, 3.8) is 0 Å². The fourth-order valence-corrected chi connectivity index (χ4v) is 1.74. The normalized spacial score (nSPS) is 10.5. The molecule has 0 aliphatic carbocycles. The summed E-state index contributed by atoms with van der Waals surface area (Å²) >= 11 is 5.85. The molecular weight excluding hydrogens is 243 g/mol. The van der Waals surface area contributed by atoms with E-state index in [-0.39, 0.29) is 17.2 Å². The number of carbonyl (C=O) groups excluding carboxylic acids is 1. The Labute approximate surface area is 103 Å². The molecule has 0 N–H and O–H groups in total. The molecule has 88 valence electrons. The third-order valence-corrected chi connectivity index (χ3v) is 2.74. The summed E-state index contributed by atoms with van der Waals surface area (Å²) in [5.74, 6) is -0.501. The quantitative estimate of drug-likeness (QED) is 0.787. The Bertz CT molecular complexity index is 565. The monoisotopic (exact) mass is 252 g/mol. The molecule has 1 aromatic heterocycles. The van der Waals surface area contributed by atoms with Crippen molar-refractivity contribution in [3.05, 3.63) is 52.6 Å². The van der Waals surface area contributed by atoms with Gasteiger partial charge < -0.3 is 0 Å². The highest BCUT2D eigenvalue weighted by Crippen LogP contribution is 2.19. The number of benzene rings is 1. The molecule has 0 saturated heterocycles. The van der Waals surface area contributed by atoms with E-state index in [0.717, 1.165) is 0 Å². The Balaban J connectivity index is 2.18. The number of rotatable bonds is 3. The van der Waals surface area contributed by atoms with Crippen molar-refractivity contribution >= 4 is 17.4 Å². The van der Waals surface area contributed by atoms with Crippen molar-refractivity contribution in [2.45, 2.75) is 6.42 Å². The lowest BCUT2D eigenvalue weighted by Gasteiger charge is -2.02. The summed E-state index contributed by atoms with van der Waals surface area (Å²) in [5.41, 5.74) is 1.13. The van der Waals surface area contributed by atoms with Crippen LogP contribution in [0, 0.1) is 5.82 Å². The van der Waals surface area contributed by atoms with Crippen LogP contribution in [0.1, 0.15) is 15.9 Å². The Morgan fingerprint density at radius 1 is 1.53 bits per heavy atom. The van der Waals surface area contributed by atoms with Gasteiger partial charge in [0.05, 0.1) is 11.8 Å². The van der Waals surface area contributed by atoms with Crippen LogP contribution in [-0.4, -0.2) is 15.6 Å². The lowest BCUT2D eigenvalue weighted by Crippen LogP contribution is -2.03. The van der Waals surface area contributed by atoms with Crippen molar-refractivity contribution in [3.8, 4) is 0 Å². The highest BCUT2D eigenvalue weighted by Gasteiger charge is 2.11. The fourth-order valence-electron chi connectivity index (χ4n) is 1.51. The first kappa shape index (κ1) is 11.8. The van der Waals surface area contributed by atoms with Gasteiger partial charge in [-0.25, -0.2) is 4.39 Å². The predicted molar refractivity (Wildman–Crippen MR) is 62.7 cm³/mol. The van der Waals surface area contributed by atoms with E-state index in [9.17, 15) is 9.18 Å². The minimum absolute atomic E-state index is 0.0911. The SMILES string of the molecule is Cn1cc(C(=O)Cc2ccc(F)cc2Cl)cn1. The van der Waals surface area contributed by atoms with E-state index in [1.165, 1.54) is 24.4 Å². The maximum absolute atomic E-state index is 12.8. The topological polar surface area (TPSA) is 34.9 Å². The molecule has 0 aliphatic rings. The van der Waals surface area contributed by atoms with E-state index >= 15 is 0 Å². The van der Waals surface area contributed by atoms with Crippen LogP contribution >= 0.6 is 11.6 Å². The molecule has 1 aromatic carbocycles. The molecule has 3 nitrogen and oxygen atoms in total. The van der Waals surface area contributed by atoms with Gasteiger partial charge in [0.25, 0.3) is 0 Å². The van der Waals surface area contributed by atoms with Crippen molar-refractivity contribution in [1.82, 2.24) is 9.78 Å². The Morgan fingerprint density at radius 2 is 2.29 bits per heavy atom. The summed E-state index contributed by atoms with van der Waals surface area (Å²) in [6, 6.07) is 4.01. The predicted octanol–water partition coefficient (Wildman–Crippen LogP) is 2.64. The van der Waals surface area contributed by atoms with Crippen LogP contribution in [0.15, 0.2) is 30.6 Å². The molecule has 17 heavy (non-hydrogen) atoms. The summed E-state index contributed by atoms with van der Waals surface area (Å²) in [5, 5.41) is 4.18. The minimum atomic E-state index is -0.410. The van der Waals surface area contributed by atoms with Gasteiger partial charge in [0.1, 0.15) is 5.82 Å². The van der Waals surface area contributed by atoms with E-state index in [1.807, 2.05) is 0 Å². The van der Waals surface area contributed by atoms with Gasteiger partial charge in [-0.05, 0) is 17.7 Å². The van der Waals surface area contributed by atoms with Gasteiger partial charge >= 0.3 is 0 Å².